The van der Waals surface area contributed by atoms with Crippen molar-refractivity contribution in [1.82, 2.24) is 15.2 Å². The summed E-state index contributed by atoms with van der Waals surface area (Å²) in [4.78, 5) is 5.03. The average molecular weight is 367 g/mol. The summed E-state index contributed by atoms with van der Waals surface area (Å²) in [6, 6.07) is 1.67. The number of piperidine rings is 1. The third kappa shape index (κ3) is 3.14. The summed E-state index contributed by atoms with van der Waals surface area (Å²) in [7, 11) is 1.70. The summed E-state index contributed by atoms with van der Waals surface area (Å²) < 4.78 is 14.2. The normalized spacial score (nSPS) is 17.9. The zero-order chi connectivity index (χ0) is 18.1. The van der Waals surface area contributed by atoms with Gasteiger partial charge in [0.25, 0.3) is 0 Å². The van der Waals surface area contributed by atoms with Gasteiger partial charge in [0.15, 0.2) is 0 Å². The Balaban J connectivity index is 2.04. The van der Waals surface area contributed by atoms with Crippen LogP contribution in [0.5, 0.6) is 0 Å². The van der Waals surface area contributed by atoms with E-state index in [2.05, 4.69) is 22.5 Å². The first-order valence-electron chi connectivity index (χ1n) is 8.52. The van der Waals surface area contributed by atoms with E-state index in [9.17, 15) is 4.39 Å². The van der Waals surface area contributed by atoms with E-state index >= 15 is 0 Å². The molecule has 0 spiro atoms. The first kappa shape index (κ1) is 17.8. The van der Waals surface area contributed by atoms with Crippen LogP contribution in [0, 0.1) is 11.2 Å². The molecule has 6 nitrogen and oxygen atoms in total. The van der Waals surface area contributed by atoms with Gasteiger partial charge < -0.3 is 26.3 Å². The van der Waals surface area contributed by atoms with Gasteiger partial charge in [-0.3, -0.25) is 5.41 Å². The van der Waals surface area contributed by atoms with Gasteiger partial charge in [-0.2, -0.15) is 0 Å². The molecule has 2 heterocycles. The fraction of sp³-hybridized carbons (Fsp3) is 0.471. The number of anilines is 2. The quantitative estimate of drug-likeness (QED) is 0.425. The lowest BCUT2D eigenvalue weighted by Gasteiger charge is -2.34. The van der Waals surface area contributed by atoms with Gasteiger partial charge in [0.1, 0.15) is 17.5 Å². The van der Waals surface area contributed by atoms with Crippen molar-refractivity contribution in [1.29, 1.82) is 5.41 Å². The van der Waals surface area contributed by atoms with E-state index in [0.29, 0.717) is 34.0 Å². The molecule has 1 aliphatic heterocycles. The fourth-order valence-electron chi connectivity index (χ4n) is 3.56. The Morgan fingerprint density at radius 3 is 3.00 bits per heavy atom. The maximum absolute atomic E-state index is 14.2. The zero-order valence-corrected chi connectivity index (χ0v) is 15.2. The van der Waals surface area contributed by atoms with E-state index in [1.807, 2.05) is 4.90 Å². The zero-order valence-electron chi connectivity index (χ0n) is 14.5. The lowest BCUT2D eigenvalue weighted by molar-refractivity contribution is 0.278. The van der Waals surface area contributed by atoms with Gasteiger partial charge in [0.2, 0.25) is 0 Å². The molecule has 1 saturated heterocycles. The van der Waals surface area contributed by atoms with Crippen LogP contribution in [0.3, 0.4) is 0 Å². The number of nitrogen functional groups attached to an aromatic ring is 1. The van der Waals surface area contributed by atoms with Gasteiger partial charge in [0.05, 0.1) is 21.8 Å². The Bertz CT molecular complexity index is 800. The topological polar surface area (TPSA) is 93.0 Å². The number of halogens is 2. The molecule has 1 unspecified atom stereocenters. The average Bonchev–Trinajstić information content (AvgIpc) is 2.95. The molecule has 0 amide bonds. The smallest absolute Gasteiger partial charge is 0.144 e. The van der Waals surface area contributed by atoms with E-state index in [-0.39, 0.29) is 10.9 Å². The van der Waals surface area contributed by atoms with Crippen LogP contribution in [0.25, 0.3) is 10.9 Å². The van der Waals surface area contributed by atoms with Crippen LogP contribution in [-0.2, 0) is 0 Å². The first-order valence-corrected chi connectivity index (χ1v) is 8.89. The number of likely N-dealkylation sites (tertiary alicyclic amines) is 1. The highest BCUT2D eigenvalue weighted by Crippen LogP contribution is 2.38. The first-order chi connectivity index (χ1) is 12.0. The Labute approximate surface area is 151 Å². The number of aromatic amines is 1. The molecule has 6 N–H and O–H groups in total. The molecule has 8 heteroatoms. The second-order valence-corrected chi connectivity index (χ2v) is 6.70. The number of aromatic nitrogens is 1. The molecule has 1 fully saturated rings. The highest BCUT2D eigenvalue weighted by atomic mass is 35.5. The summed E-state index contributed by atoms with van der Waals surface area (Å²) >= 11 is 6.23. The molecule has 1 aromatic carbocycles. The van der Waals surface area contributed by atoms with Crippen molar-refractivity contribution in [2.45, 2.75) is 25.8 Å². The van der Waals surface area contributed by atoms with Crippen molar-refractivity contribution in [3.8, 4) is 0 Å². The van der Waals surface area contributed by atoms with E-state index in [1.165, 1.54) is 6.07 Å². The molecule has 0 aliphatic carbocycles. The van der Waals surface area contributed by atoms with Crippen molar-refractivity contribution in [3.63, 3.8) is 0 Å². The standard InChI is InChI=1S/C17H24ClFN6/c1-3-23-9-5-4-6-25(8-9)17(21)13-12-14(18)10(19)7-11(22-2)15(12)24-16(13)20/h7,9,21-24H,3-6,8,20H2,1-2H3. The Morgan fingerprint density at radius 2 is 2.32 bits per heavy atom. The number of fused-ring (bicyclic) bond motifs is 1. The SMILES string of the molecule is CCNC1CCCN(C(=N)c2c(N)[nH]c3c(NC)cc(F)c(Cl)c23)C1. The summed E-state index contributed by atoms with van der Waals surface area (Å²) in [5.41, 5.74) is 7.79. The summed E-state index contributed by atoms with van der Waals surface area (Å²) in [6.45, 7) is 4.47. The predicted octanol–water partition coefficient (Wildman–Crippen LogP) is 2.98. The van der Waals surface area contributed by atoms with Crippen LogP contribution in [0.15, 0.2) is 6.07 Å². The van der Waals surface area contributed by atoms with Crippen LogP contribution in [0.2, 0.25) is 5.02 Å². The molecule has 3 rings (SSSR count). The molecule has 25 heavy (non-hydrogen) atoms. The van der Waals surface area contributed by atoms with Gasteiger partial charge >= 0.3 is 0 Å². The van der Waals surface area contributed by atoms with E-state index in [0.717, 1.165) is 32.5 Å². The van der Waals surface area contributed by atoms with Gasteiger partial charge in [0, 0.05) is 37.6 Å². The van der Waals surface area contributed by atoms with Crippen LogP contribution in [0.4, 0.5) is 15.9 Å². The molecule has 136 valence electrons. The number of hydrogen-bond acceptors (Lipinski definition) is 4. The molecule has 1 aromatic heterocycles. The Morgan fingerprint density at radius 1 is 1.56 bits per heavy atom. The van der Waals surface area contributed by atoms with Crippen LogP contribution in [0.1, 0.15) is 25.3 Å². The number of nitrogens with zero attached hydrogens (tertiary/aromatic N) is 1. The van der Waals surface area contributed by atoms with Crippen molar-refractivity contribution in [2.24, 2.45) is 0 Å². The third-order valence-electron chi connectivity index (χ3n) is 4.74. The van der Waals surface area contributed by atoms with Gasteiger partial charge in [-0.25, -0.2) is 4.39 Å². The Kier molecular flexibility index (Phi) is 5.06. The van der Waals surface area contributed by atoms with Crippen LogP contribution >= 0.6 is 11.6 Å². The van der Waals surface area contributed by atoms with Gasteiger partial charge in [-0.05, 0) is 19.4 Å². The van der Waals surface area contributed by atoms with Crippen molar-refractivity contribution >= 4 is 39.8 Å². The molecular formula is C17H24ClFN6. The highest BCUT2D eigenvalue weighted by Gasteiger charge is 2.27. The lowest BCUT2D eigenvalue weighted by atomic mass is 10.0. The number of nitrogens with one attached hydrogen (secondary N) is 4. The lowest BCUT2D eigenvalue weighted by Crippen LogP contribution is -2.48. The van der Waals surface area contributed by atoms with Gasteiger partial charge in [-0.15, -0.1) is 0 Å². The number of rotatable bonds is 4. The van der Waals surface area contributed by atoms with E-state index in [1.54, 1.807) is 7.05 Å². The third-order valence-corrected chi connectivity index (χ3v) is 5.10. The van der Waals surface area contributed by atoms with Crippen molar-refractivity contribution < 1.29 is 4.39 Å². The number of amidine groups is 1. The maximum Gasteiger partial charge on any atom is 0.144 e. The van der Waals surface area contributed by atoms with Crippen LogP contribution < -0.4 is 16.4 Å². The summed E-state index contributed by atoms with van der Waals surface area (Å²) in [6.07, 6.45) is 2.08. The van der Waals surface area contributed by atoms with E-state index < -0.39 is 5.82 Å². The minimum absolute atomic E-state index is 0.0121. The Hall–Kier alpha value is -1.99. The van der Waals surface area contributed by atoms with E-state index in [4.69, 9.17) is 22.7 Å². The number of H-pyrrole nitrogens is 1. The second-order valence-electron chi connectivity index (χ2n) is 6.33. The summed E-state index contributed by atoms with van der Waals surface area (Å²) in [5.74, 6) is 0.0752. The van der Waals surface area contributed by atoms with Crippen molar-refractivity contribution in [2.75, 3.05) is 37.7 Å². The number of benzene rings is 1. The monoisotopic (exact) mass is 366 g/mol. The molecular weight excluding hydrogens is 343 g/mol. The largest absolute Gasteiger partial charge is 0.386 e. The minimum Gasteiger partial charge on any atom is -0.386 e. The predicted molar refractivity (Wildman–Crippen MR) is 102 cm³/mol. The maximum atomic E-state index is 14.2. The summed E-state index contributed by atoms with van der Waals surface area (Å²) in [5, 5.41) is 15.5. The molecule has 1 aliphatic rings. The number of nitrogens with two attached hydrogens (primary N) is 1. The molecule has 0 bridgehead atoms. The highest BCUT2D eigenvalue weighted by molar-refractivity contribution is 6.38. The fourth-order valence-corrected chi connectivity index (χ4v) is 3.80. The second kappa shape index (κ2) is 7.09. The molecule has 1 atom stereocenters. The minimum atomic E-state index is -0.532. The molecule has 0 saturated carbocycles. The van der Waals surface area contributed by atoms with Gasteiger partial charge in [-0.1, -0.05) is 18.5 Å². The van der Waals surface area contributed by atoms with Crippen molar-refractivity contribution in [3.05, 3.63) is 22.5 Å². The van der Waals surface area contributed by atoms with Crippen LogP contribution in [-0.4, -0.2) is 48.4 Å². The number of hydrogen-bond donors (Lipinski definition) is 5. The molecule has 2 aromatic rings. The number of likely N-dealkylation sites (N-methyl/N-ethyl adjacent to an activating group) is 1. The molecule has 0 radical (unpaired) electrons.